The second kappa shape index (κ2) is 4.49. The fraction of sp³-hybridized carbons (Fsp3) is 0.154. The first-order valence-electron chi connectivity index (χ1n) is 4.94. The summed E-state index contributed by atoms with van der Waals surface area (Å²) in [6.45, 7) is 2.00. The molecule has 0 N–H and O–H groups in total. The molecule has 0 aliphatic carbocycles. The molecule has 3 heteroatoms. The van der Waals surface area contributed by atoms with Gasteiger partial charge in [0.05, 0.1) is 12.0 Å². The second-order valence-electron chi connectivity index (χ2n) is 3.50. The first-order chi connectivity index (χ1) is 7.76. The average Bonchev–Trinajstić information content (AvgIpc) is 2.77. The van der Waals surface area contributed by atoms with Crippen LogP contribution in [-0.2, 0) is 0 Å². The van der Waals surface area contributed by atoms with Gasteiger partial charge in [0.1, 0.15) is 5.75 Å². The molecule has 2 rings (SSSR count). The highest BCUT2D eigenvalue weighted by Crippen LogP contribution is 2.30. The van der Waals surface area contributed by atoms with Crippen molar-refractivity contribution in [2.75, 3.05) is 7.11 Å². The Morgan fingerprint density at radius 1 is 1.31 bits per heavy atom. The third-order valence-electron chi connectivity index (χ3n) is 2.51. The van der Waals surface area contributed by atoms with Gasteiger partial charge in [0.2, 0.25) is 0 Å². The SMILES string of the molecule is COc1ccc(-c2ccsc2C=O)cc1C. The number of benzene rings is 1. The molecule has 0 saturated carbocycles. The van der Waals surface area contributed by atoms with Gasteiger partial charge < -0.3 is 4.74 Å². The third-order valence-corrected chi connectivity index (χ3v) is 3.35. The fourth-order valence-corrected chi connectivity index (χ4v) is 2.42. The molecule has 0 aliphatic heterocycles. The maximum absolute atomic E-state index is 10.9. The van der Waals surface area contributed by atoms with Crippen LogP contribution in [0.4, 0.5) is 0 Å². The van der Waals surface area contributed by atoms with Gasteiger partial charge >= 0.3 is 0 Å². The zero-order valence-corrected chi connectivity index (χ0v) is 10.0. The first-order valence-corrected chi connectivity index (χ1v) is 5.82. The number of ether oxygens (including phenoxy) is 1. The molecule has 1 heterocycles. The van der Waals surface area contributed by atoms with E-state index in [1.54, 1.807) is 7.11 Å². The van der Waals surface area contributed by atoms with Crippen molar-refractivity contribution in [3.63, 3.8) is 0 Å². The van der Waals surface area contributed by atoms with Crippen molar-refractivity contribution in [2.24, 2.45) is 0 Å². The van der Waals surface area contributed by atoms with Crippen LogP contribution in [0.25, 0.3) is 11.1 Å². The minimum atomic E-state index is 0.768. The molecule has 0 spiro atoms. The molecule has 1 aromatic heterocycles. The molecule has 0 saturated heterocycles. The van der Waals surface area contributed by atoms with Gasteiger partial charge in [0.25, 0.3) is 0 Å². The van der Waals surface area contributed by atoms with Gasteiger partial charge in [-0.25, -0.2) is 0 Å². The average molecular weight is 232 g/mol. The third kappa shape index (κ3) is 1.86. The fourth-order valence-electron chi connectivity index (χ4n) is 1.70. The Morgan fingerprint density at radius 2 is 2.12 bits per heavy atom. The molecule has 82 valence electrons. The van der Waals surface area contributed by atoms with Crippen LogP contribution in [0, 0.1) is 6.92 Å². The Balaban J connectivity index is 2.49. The molecule has 0 amide bonds. The lowest BCUT2D eigenvalue weighted by atomic mass is 10.0. The first kappa shape index (κ1) is 10.9. The van der Waals surface area contributed by atoms with Crippen molar-refractivity contribution in [1.29, 1.82) is 0 Å². The van der Waals surface area contributed by atoms with Gasteiger partial charge in [0.15, 0.2) is 6.29 Å². The lowest BCUT2D eigenvalue weighted by Gasteiger charge is -2.06. The Kier molecular flexibility index (Phi) is 3.06. The van der Waals surface area contributed by atoms with E-state index in [-0.39, 0.29) is 0 Å². The quantitative estimate of drug-likeness (QED) is 0.756. The summed E-state index contributed by atoms with van der Waals surface area (Å²) in [5.41, 5.74) is 3.12. The van der Waals surface area contributed by atoms with Gasteiger partial charge in [-0.15, -0.1) is 11.3 Å². The van der Waals surface area contributed by atoms with Crippen LogP contribution in [-0.4, -0.2) is 13.4 Å². The van der Waals surface area contributed by atoms with Crippen LogP contribution in [0.3, 0.4) is 0 Å². The summed E-state index contributed by atoms with van der Waals surface area (Å²) in [5, 5.41) is 1.93. The van der Waals surface area contributed by atoms with Crippen molar-refractivity contribution in [3.05, 3.63) is 40.1 Å². The monoisotopic (exact) mass is 232 g/mol. The van der Waals surface area contributed by atoms with Crippen LogP contribution < -0.4 is 4.74 Å². The van der Waals surface area contributed by atoms with E-state index in [0.717, 1.165) is 33.6 Å². The molecular formula is C13H12O2S. The number of aryl methyl sites for hydroxylation is 1. The van der Waals surface area contributed by atoms with Gasteiger partial charge in [-0.3, -0.25) is 4.79 Å². The molecule has 0 aliphatic rings. The molecule has 1 aromatic carbocycles. The van der Waals surface area contributed by atoms with E-state index in [1.807, 2.05) is 36.6 Å². The topological polar surface area (TPSA) is 26.3 Å². The molecule has 2 aromatic rings. The highest BCUT2D eigenvalue weighted by atomic mass is 32.1. The zero-order chi connectivity index (χ0) is 11.5. The maximum atomic E-state index is 10.9. The minimum absolute atomic E-state index is 0.768. The molecule has 0 radical (unpaired) electrons. The number of aldehydes is 1. The van der Waals surface area contributed by atoms with Crippen LogP contribution in [0.2, 0.25) is 0 Å². The number of hydrogen-bond acceptors (Lipinski definition) is 3. The molecule has 0 atom stereocenters. The highest BCUT2D eigenvalue weighted by molar-refractivity contribution is 7.12. The Labute approximate surface area is 98.5 Å². The van der Waals surface area contributed by atoms with Crippen molar-refractivity contribution in [3.8, 4) is 16.9 Å². The van der Waals surface area contributed by atoms with Crippen molar-refractivity contribution < 1.29 is 9.53 Å². The van der Waals surface area contributed by atoms with E-state index < -0.39 is 0 Å². The smallest absolute Gasteiger partial charge is 0.160 e. The lowest BCUT2D eigenvalue weighted by molar-refractivity contribution is 0.112. The van der Waals surface area contributed by atoms with Crippen LogP contribution in [0.15, 0.2) is 29.6 Å². The molecule has 0 unspecified atom stereocenters. The number of thiophene rings is 1. The van der Waals surface area contributed by atoms with Crippen LogP contribution in [0.5, 0.6) is 5.75 Å². The van der Waals surface area contributed by atoms with Gasteiger partial charge in [-0.1, -0.05) is 6.07 Å². The second-order valence-corrected chi connectivity index (χ2v) is 4.45. The van der Waals surface area contributed by atoms with Crippen molar-refractivity contribution >= 4 is 17.6 Å². The highest BCUT2D eigenvalue weighted by Gasteiger charge is 2.07. The molecule has 0 bridgehead atoms. The van der Waals surface area contributed by atoms with Crippen molar-refractivity contribution in [2.45, 2.75) is 6.92 Å². The summed E-state index contributed by atoms with van der Waals surface area (Å²) in [5.74, 6) is 0.867. The number of hydrogen-bond donors (Lipinski definition) is 0. The van der Waals surface area contributed by atoms with E-state index in [9.17, 15) is 4.79 Å². The van der Waals surface area contributed by atoms with Crippen LogP contribution in [0.1, 0.15) is 15.2 Å². The summed E-state index contributed by atoms with van der Waals surface area (Å²) in [4.78, 5) is 11.6. The predicted octanol–water partition coefficient (Wildman–Crippen LogP) is 3.54. The summed E-state index contributed by atoms with van der Waals surface area (Å²) < 4.78 is 5.21. The van der Waals surface area contributed by atoms with Gasteiger partial charge in [-0.2, -0.15) is 0 Å². The Morgan fingerprint density at radius 3 is 2.75 bits per heavy atom. The van der Waals surface area contributed by atoms with E-state index in [1.165, 1.54) is 11.3 Å². The number of carbonyl (C=O) groups is 1. The number of methoxy groups -OCH3 is 1. The number of carbonyl (C=O) groups excluding carboxylic acids is 1. The summed E-state index contributed by atoms with van der Waals surface area (Å²) in [6, 6.07) is 7.90. The Bertz CT molecular complexity index is 514. The lowest BCUT2D eigenvalue weighted by Crippen LogP contribution is -1.88. The molecule has 2 nitrogen and oxygen atoms in total. The normalized spacial score (nSPS) is 10.1. The molecule has 0 fully saturated rings. The Hall–Kier alpha value is -1.61. The van der Waals surface area contributed by atoms with Crippen molar-refractivity contribution in [1.82, 2.24) is 0 Å². The van der Waals surface area contributed by atoms with Gasteiger partial charge in [-0.05, 0) is 41.6 Å². The van der Waals surface area contributed by atoms with E-state index in [4.69, 9.17) is 4.74 Å². The van der Waals surface area contributed by atoms with Crippen LogP contribution >= 0.6 is 11.3 Å². The van der Waals surface area contributed by atoms with E-state index >= 15 is 0 Å². The number of rotatable bonds is 3. The summed E-state index contributed by atoms with van der Waals surface area (Å²) in [6.07, 6.45) is 0.902. The standard InChI is InChI=1S/C13H12O2S/c1-9-7-10(3-4-12(9)15-2)11-5-6-16-13(11)8-14/h3-8H,1-2H3. The zero-order valence-electron chi connectivity index (χ0n) is 9.19. The largest absolute Gasteiger partial charge is 0.496 e. The summed E-state index contributed by atoms with van der Waals surface area (Å²) >= 11 is 1.46. The predicted molar refractivity (Wildman–Crippen MR) is 66.4 cm³/mol. The minimum Gasteiger partial charge on any atom is -0.496 e. The van der Waals surface area contributed by atoms with E-state index in [2.05, 4.69) is 0 Å². The molecule has 16 heavy (non-hydrogen) atoms. The summed E-state index contributed by atoms with van der Waals surface area (Å²) in [7, 11) is 1.66. The molecular weight excluding hydrogens is 220 g/mol. The van der Waals surface area contributed by atoms with E-state index in [0.29, 0.717) is 0 Å². The maximum Gasteiger partial charge on any atom is 0.160 e. The van der Waals surface area contributed by atoms with Gasteiger partial charge in [0, 0.05) is 5.56 Å².